The first-order valence-electron chi connectivity index (χ1n) is 14.1. The largest absolute Gasteiger partial charge is 0.468 e. The van der Waals surface area contributed by atoms with Crippen molar-refractivity contribution in [2.24, 2.45) is 11.8 Å². The van der Waals surface area contributed by atoms with Gasteiger partial charge in [-0.1, -0.05) is 66.4 Å². The molecular weight excluding hydrogens is 502 g/mol. The van der Waals surface area contributed by atoms with Gasteiger partial charge in [0.2, 0.25) is 0 Å². The number of carbonyl (C=O) groups is 4. The van der Waals surface area contributed by atoms with Crippen LogP contribution in [0, 0.1) is 11.8 Å². The topological polar surface area (TPSA) is 117 Å². The molecule has 1 unspecified atom stereocenters. The molecule has 220 valence electrons. The van der Waals surface area contributed by atoms with Crippen LogP contribution in [0.4, 0.5) is 0 Å². The fourth-order valence-corrected chi connectivity index (χ4v) is 3.63. The Morgan fingerprint density at radius 3 is 1.95 bits per heavy atom. The van der Waals surface area contributed by atoms with Gasteiger partial charge in [-0.05, 0) is 42.9 Å². The quantitative estimate of drug-likeness (QED) is 0.142. The van der Waals surface area contributed by atoms with Gasteiger partial charge in [-0.15, -0.1) is 0 Å². The number of hydrogen-bond donors (Lipinski definition) is 1. The van der Waals surface area contributed by atoms with E-state index in [9.17, 15) is 19.2 Å². The molecule has 9 nitrogen and oxygen atoms in total. The lowest BCUT2D eigenvalue weighted by Crippen LogP contribution is -2.41. The molecule has 2 atom stereocenters. The van der Waals surface area contributed by atoms with E-state index in [0.29, 0.717) is 12.0 Å². The van der Waals surface area contributed by atoms with Crippen LogP contribution in [0.15, 0.2) is 18.2 Å². The third-order valence-corrected chi connectivity index (χ3v) is 6.46. The van der Waals surface area contributed by atoms with E-state index in [2.05, 4.69) is 12.2 Å². The zero-order valence-corrected chi connectivity index (χ0v) is 24.5. The number of carbonyl (C=O) groups excluding carboxylic acids is 4. The van der Waals surface area contributed by atoms with Crippen molar-refractivity contribution in [3.63, 3.8) is 0 Å². The van der Waals surface area contributed by atoms with Gasteiger partial charge in [0, 0.05) is 19.4 Å². The summed E-state index contributed by atoms with van der Waals surface area (Å²) in [6.45, 7) is 10.2. The zero-order valence-electron chi connectivity index (χ0n) is 24.5. The SMILES string of the molecule is CCCCCC(=O)Oc1ccc(C[C@H](NCCOC(=O)C(C)C(C)C)C(=O)OC)cc1OC(=O)CCCCC. The molecule has 0 aliphatic heterocycles. The number of hydrogen-bond acceptors (Lipinski definition) is 9. The fraction of sp³-hybridized carbons (Fsp3) is 0.667. The molecule has 0 radical (unpaired) electrons. The molecule has 0 aliphatic rings. The number of methoxy groups -OCH3 is 1. The molecule has 9 heteroatoms. The van der Waals surface area contributed by atoms with Crippen LogP contribution in [0.5, 0.6) is 11.5 Å². The number of ether oxygens (including phenoxy) is 4. The van der Waals surface area contributed by atoms with E-state index in [4.69, 9.17) is 18.9 Å². The van der Waals surface area contributed by atoms with E-state index in [1.165, 1.54) is 7.11 Å². The molecule has 0 heterocycles. The summed E-state index contributed by atoms with van der Waals surface area (Å²) in [7, 11) is 1.30. The Labute approximate surface area is 233 Å². The van der Waals surface area contributed by atoms with Crippen molar-refractivity contribution in [3.8, 4) is 11.5 Å². The van der Waals surface area contributed by atoms with Gasteiger partial charge in [0.05, 0.1) is 13.0 Å². The predicted molar refractivity (Wildman–Crippen MR) is 148 cm³/mol. The number of nitrogens with one attached hydrogen (secondary N) is 1. The Morgan fingerprint density at radius 2 is 1.41 bits per heavy atom. The Kier molecular flexibility index (Phi) is 16.8. The molecule has 0 spiro atoms. The van der Waals surface area contributed by atoms with Crippen LogP contribution in [0.25, 0.3) is 0 Å². The first kappa shape index (κ1) is 34.1. The summed E-state index contributed by atoms with van der Waals surface area (Å²) < 4.78 is 21.3. The second kappa shape index (κ2) is 19.2. The summed E-state index contributed by atoms with van der Waals surface area (Å²) in [5.74, 6) is -1.33. The molecule has 0 saturated heterocycles. The number of unbranched alkanes of at least 4 members (excludes halogenated alkanes) is 4. The van der Waals surface area contributed by atoms with Gasteiger partial charge < -0.3 is 24.3 Å². The van der Waals surface area contributed by atoms with E-state index in [1.54, 1.807) is 18.2 Å². The molecule has 1 N–H and O–H groups in total. The van der Waals surface area contributed by atoms with Gasteiger partial charge in [0.25, 0.3) is 0 Å². The molecule has 0 aromatic heterocycles. The molecule has 0 saturated carbocycles. The number of rotatable bonds is 19. The van der Waals surface area contributed by atoms with Crippen molar-refractivity contribution in [1.29, 1.82) is 0 Å². The zero-order chi connectivity index (χ0) is 29.2. The summed E-state index contributed by atoms with van der Waals surface area (Å²) in [5, 5.41) is 3.07. The lowest BCUT2D eigenvalue weighted by molar-refractivity contribution is -0.149. The van der Waals surface area contributed by atoms with Crippen molar-refractivity contribution in [2.75, 3.05) is 20.3 Å². The molecule has 1 rings (SSSR count). The molecule has 1 aromatic carbocycles. The number of benzene rings is 1. The van der Waals surface area contributed by atoms with E-state index in [-0.39, 0.29) is 61.7 Å². The standard InChI is InChI=1S/C30H47NO8/c1-7-9-11-13-27(32)38-25-16-15-23(20-26(25)39-28(33)14-12-10-8-2)19-24(30(35)36-6)31-17-18-37-29(34)22(5)21(3)4/h15-16,20-22,24,31H,7-14,17-19H2,1-6H3/t22?,24-/m0/s1. The maximum absolute atomic E-state index is 12.5. The Hall–Kier alpha value is -2.94. The van der Waals surface area contributed by atoms with Crippen LogP contribution >= 0.6 is 0 Å². The maximum atomic E-state index is 12.5. The van der Waals surface area contributed by atoms with Crippen molar-refractivity contribution < 1.29 is 38.1 Å². The van der Waals surface area contributed by atoms with Crippen LogP contribution < -0.4 is 14.8 Å². The van der Waals surface area contributed by atoms with E-state index in [1.807, 2.05) is 27.7 Å². The fourth-order valence-electron chi connectivity index (χ4n) is 3.63. The highest BCUT2D eigenvalue weighted by Gasteiger charge is 2.22. The second-order valence-corrected chi connectivity index (χ2v) is 10.1. The van der Waals surface area contributed by atoms with Crippen LogP contribution in [0.3, 0.4) is 0 Å². The first-order valence-corrected chi connectivity index (χ1v) is 14.1. The average molecular weight is 550 g/mol. The van der Waals surface area contributed by atoms with Crippen molar-refractivity contribution in [2.45, 2.75) is 98.4 Å². The van der Waals surface area contributed by atoms with Crippen LogP contribution in [0.1, 0.15) is 91.5 Å². The lowest BCUT2D eigenvalue weighted by Gasteiger charge is -2.19. The molecule has 0 fully saturated rings. The Morgan fingerprint density at radius 1 is 0.821 bits per heavy atom. The summed E-state index contributed by atoms with van der Waals surface area (Å²) in [4.78, 5) is 49.3. The smallest absolute Gasteiger partial charge is 0.323 e. The van der Waals surface area contributed by atoms with Gasteiger partial charge in [0.15, 0.2) is 11.5 Å². The van der Waals surface area contributed by atoms with Crippen LogP contribution in [0.2, 0.25) is 0 Å². The number of esters is 4. The summed E-state index contributed by atoms with van der Waals surface area (Å²) in [6.07, 6.45) is 5.95. The molecule has 0 aliphatic carbocycles. The minimum absolute atomic E-state index is 0.108. The van der Waals surface area contributed by atoms with Crippen molar-refractivity contribution in [3.05, 3.63) is 23.8 Å². The van der Waals surface area contributed by atoms with Gasteiger partial charge in [-0.2, -0.15) is 0 Å². The van der Waals surface area contributed by atoms with E-state index in [0.717, 1.165) is 32.1 Å². The summed E-state index contributed by atoms with van der Waals surface area (Å²) in [6, 6.07) is 4.16. The minimum atomic E-state index is -0.730. The van der Waals surface area contributed by atoms with Gasteiger partial charge in [0.1, 0.15) is 12.6 Å². The molecule has 39 heavy (non-hydrogen) atoms. The Bertz CT molecular complexity index is 914. The first-order chi connectivity index (χ1) is 18.6. The normalized spacial score (nSPS) is 12.5. The lowest BCUT2D eigenvalue weighted by atomic mass is 9.99. The van der Waals surface area contributed by atoms with Gasteiger partial charge in [-0.3, -0.25) is 19.2 Å². The van der Waals surface area contributed by atoms with Gasteiger partial charge in [-0.25, -0.2) is 0 Å². The third kappa shape index (κ3) is 13.6. The highest BCUT2D eigenvalue weighted by molar-refractivity contribution is 5.77. The minimum Gasteiger partial charge on any atom is -0.468 e. The highest BCUT2D eigenvalue weighted by atomic mass is 16.6. The predicted octanol–water partition coefficient (Wildman–Crippen LogP) is 5.17. The third-order valence-electron chi connectivity index (χ3n) is 6.46. The molecule has 1 aromatic rings. The summed E-state index contributed by atoms with van der Waals surface area (Å²) >= 11 is 0. The van der Waals surface area contributed by atoms with Crippen LogP contribution in [-0.4, -0.2) is 50.2 Å². The average Bonchev–Trinajstić information content (AvgIpc) is 2.90. The molecule has 0 bridgehead atoms. The van der Waals surface area contributed by atoms with Crippen LogP contribution in [-0.2, 0) is 35.1 Å². The van der Waals surface area contributed by atoms with E-state index >= 15 is 0 Å². The monoisotopic (exact) mass is 549 g/mol. The molecule has 0 amide bonds. The van der Waals surface area contributed by atoms with Crippen molar-refractivity contribution >= 4 is 23.9 Å². The van der Waals surface area contributed by atoms with Crippen molar-refractivity contribution in [1.82, 2.24) is 5.32 Å². The van der Waals surface area contributed by atoms with E-state index < -0.39 is 23.9 Å². The Balaban J connectivity index is 2.96. The summed E-state index contributed by atoms with van der Waals surface area (Å²) in [5.41, 5.74) is 0.672. The molecular formula is C30H47NO8. The van der Waals surface area contributed by atoms with Gasteiger partial charge >= 0.3 is 23.9 Å². The maximum Gasteiger partial charge on any atom is 0.323 e. The second-order valence-electron chi connectivity index (χ2n) is 10.1. The highest BCUT2D eigenvalue weighted by Crippen LogP contribution is 2.30.